The Morgan fingerprint density at radius 3 is 2.30 bits per heavy atom. The van der Waals surface area contributed by atoms with Crippen LogP contribution in [0, 0.1) is 0 Å². The van der Waals surface area contributed by atoms with Crippen molar-refractivity contribution in [3.63, 3.8) is 0 Å². The molecule has 0 bridgehead atoms. The molecule has 142 valence electrons. The fraction of sp³-hybridized carbons (Fsp3) is 0.250. The smallest absolute Gasteiger partial charge is 0.368 e. The van der Waals surface area contributed by atoms with Crippen molar-refractivity contribution in [2.75, 3.05) is 31.1 Å². The van der Waals surface area contributed by atoms with Crippen molar-refractivity contribution in [3.05, 3.63) is 70.8 Å². The molecule has 1 fully saturated rings. The Morgan fingerprint density at radius 2 is 1.67 bits per heavy atom. The van der Waals surface area contributed by atoms with Gasteiger partial charge in [0.25, 0.3) is 0 Å². The molecule has 1 aliphatic heterocycles. The van der Waals surface area contributed by atoms with Crippen LogP contribution in [0.15, 0.2) is 54.6 Å². The summed E-state index contributed by atoms with van der Waals surface area (Å²) in [5.41, 5.74) is 0.730. The molecule has 0 unspecified atom stereocenters. The number of benzene rings is 2. The normalized spacial score (nSPS) is 15.4. The maximum atomic E-state index is 12.9. The molecule has 0 N–H and O–H groups in total. The highest BCUT2D eigenvalue weighted by Crippen LogP contribution is 2.31. The number of hydrogen-bond acceptors (Lipinski definition) is 2. The summed E-state index contributed by atoms with van der Waals surface area (Å²) in [6, 6.07) is 12.4. The summed E-state index contributed by atoms with van der Waals surface area (Å²) in [6.45, 7) is 1.89. The van der Waals surface area contributed by atoms with Crippen LogP contribution < -0.4 is 4.90 Å². The Morgan fingerprint density at radius 1 is 1.00 bits per heavy atom. The van der Waals surface area contributed by atoms with E-state index in [1.807, 2.05) is 17.0 Å². The molecule has 1 amide bonds. The summed E-state index contributed by atoms with van der Waals surface area (Å²) in [6.07, 6.45) is -1.14. The minimum absolute atomic E-state index is 0.117. The SMILES string of the molecule is O=C(C=Cc1ccc(Cl)cc1)N1CCN(c2cccc(C(F)(F)F)c2)CC1. The molecule has 0 saturated carbocycles. The van der Waals surface area contributed by atoms with E-state index in [-0.39, 0.29) is 5.91 Å². The van der Waals surface area contributed by atoms with Crippen LogP contribution in [0.4, 0.5) is 18.9 Å². The number of alkyl halides is 3. The maximum absolute atomic E-state index is 12.9. The lowest BCUT2D eigenvalue weighted by atomic mass is 10.1. The monoisotopic (exact) mass is 394 g/mol. The lowest BCUT2D eigenvalue weighted by Gasteiger charge is -2.35. The molecule has 0 spiro atoms. The quantitative estimate of drug-likeness (QED) is 0.703. The number of carbonyl (C=O) groups is 1. The van der Waals surface area contributed by atoms with Gasteiger partial charge in [-0.05, 0) is 42.0 Å². The van der Waals surface area contributed by atoms with Crippen molar-refractivity contribution in [3.8, 4) is 0 Å². The molecule has 3 nitrogen and oxygen atoms in total. The van der Waals surface area contributed by atoms with Gasteiger partial charge in [0.05, 0.1) is 5.56 Å². The van der Waals surface area contributed by atoms with Crippen LogP contribution in [0.2, 0.25) is 5.02 Å². The molecule has 1 saturated heterocycles. The van der Waals surface area contributed by atoms with E-state index in [1.165, 1.54) is 12.1 Å². The van der Waals surface area contributed by atoms with Gasteiger partial charge in [0.1, 0.15) is 0 Å². The van der Waals surface area contributed by atoms with E-state index in [0.29, 0.717) is 36.9 Å². The molecule has 0 aromatic heterocycles. The Kier molecular flexibility index (Phi) is 5.75. The summed E-state index contributed by atoms with van der Waals surface area (Å²) in [7, 11) is 0. The molecule has 0 aliphatic carbocycles. The zero-order valence-corrected chi connectivity index (χ0v) is 15.2. The van der Waals surface area contributed by atoms with Crippen molar-refractivity contribution < 1.29 is 18.0 Å². The van der Waals surface area contributed by atoms with Crippen molar-refractivity contribution >= 4 is 29.3 Å². The highest BCUT2D eigenvalue weighted by atomic mass is 35.5. The van der Waals surface area contributed by atoms with Gasteiger partial charge in [0.15, 0.2) is 0 Å². The lowest BCUT2D eigenvalue weighted by Crippen LogP contribution is -2.48. The first-order valence-electron chi connectivity index (χ1n) is 8.48. The lowest BCUT2D eigenvalue weighted by molar-refractivity contribution is -0.137. The number of hydrogen-bond donors (Lipinski definition) is 0. The van der Waals surface area contributed by atoms with E-state index < -0.39 is 11.7 Å². The molecule has 2 aromatic rings. The average Bonchev–Trinajstić information content (AvgIpc) is 2.67. The molecule has 7 heteroatoms. The molecule has 2 aromatic carbocycles. The maximum Gasteiger partial charge on any atom is 0.416 e. The number of halogens is 4. The second-order valence-corrected chi connectivity index (χ2v) is 6.68. The predicted octanol–water partition coefficient (Wildman–Crippen LogP) is 4.72. The summed E-state index contributed by atoms with van der Waals surface area (Å²) >= 11 is 5.83. The second kappa shape index (κ2) is 8.05. The Balaban J connectivity index is 1.58. The van der Waals surface area contributed by atoms with Gasteiger partial charge in [-0.3, -0.25) is 4.79 Å². The first-order chi connectivity index (χ1) is 12.8. The van der Waals surface area contributed by atoms with Gasteiger partial charge in [-0.2, -0.15) is 13.2 Å². The van der Waals surface area contributed by atoms with Crippen LogP contribution in [0.5, 0.6) is 0 Å². The van der Waals surface area contributed by atoms with E-state index in [1.54, 1.807) is 29.2 Å². The second-order valence-electron chi connectivity index (χ2n) is 6.25. The molecule has 0 atom stereocenters. The summed E-state index contributed by atoms with van der Waals surface area (Å²) in [5, 5.41) is 0.629. The zero-order valence-electron chi connectivity index (χ0n) is 14.4. The van der Waals surface area contributed by atoms with Gasteiger partial charge in [-0.15, -0.1) is 0 Å². The van der Waals surface area contributed by atoms with Crippen molar-refractivity contribution in [1.82, 2.24) is 4.90 Å². The topological polar surface area (TPSA) is 23.6 Å². The molecule has 0 radical (unpaired) electrons. The van der Waals surface area contributed by atoms with Crippen molar-refractivity contribution in [2.24, 2.45) is 0 Å². The van der Waals surface area contributed by atoms with Crippen LogP contribution in [0.25, 0.3) is 6.08 Å². The predicted molar refractivity (Wildman–Crippen MR) is 101 cm³/mol. The first kappa shape index (κ1) is 19.3. The third kappa shape index (κ3) is 5.04. The van der Waals surface area contributed by atoms with Gasteiger partial charge >= 0.3 is 6.18 Å². The zero-order chi connectivity index (χ0) is 19.4. The largest absolute Gasteiger partial charge is 0.416 e. The molecular weight excluding hydrogens is 377 g/mol. The van der Waals surface area contributed by atoms with E-state index in [4.69, 9.17) is 11.6 Å². The van der Waals surface area contributed by atoms with Crippen molar-refractivity contribution in [2.45, 2.75) is 6.18 Å². The molecule has 1 heterocycles. The Labute approximate surface area is 160 Å². The minimum Gasteiger partial charge on any atom is -0.368 e. The number of nitrogens with zero attached hydrogens (tertiary/aromatic N) is 2. The van der Waals surface area contributed by atoms with Crippen LogP contribution in [-0.4, -0.2) is 37.0 Å². The van der Waals surface area contributed by atoms with Crippen LogP contribution in [-0.2, 0) is 11.0 Å². The van der Waals surface area contributed by atoms with E-state index in [0.717, 1.165) is 17.7 Å². The average molecular weight is 395 g/mol. The number of rotatable bonds is 3. The highest BCUT2D eigenvalue weighted by molar-refractivity contribution is 6.30. The van der Waals surface area contributed by atoms with Crippen LogP contribution >= 0.6 is 11.6 Å². The van der Waals surface area contributed by atoms with Gasteiger partial charge in [0.2, 0.25) is 5.91 Å². The van der Waals surface area contributed by atoms with E-state index in [2.05, 4.69) is 0 Å². The van der Waals surface area contributed by atoms with E-state index in [9.17, 15) is 18.0 Å². The van der Waals surface area contributed by atoms with Gasteiger partial charge in [0, 0.05) is 43.0 Å². The molecule has 27 heavy (non-hydrogen) atoms. The fourth-order valence-electron chi connectivity index (χ4n) is 2.91. The van der Waals surface area contributed by atoms with Crippen LogP contribution in [0.3, 0.4) is 0 Å². The van der Waals surface area contributed by atoms with Gasteiger partial charge in [-0.25, -0.2) is 0 Å². The fourth-order valence-corrected chi connectivity index (χ4v) is 3.04. The number of carbonyl (C=O) groups excluding carboxylic acids is 1. The molecule has 1 aliphatic rings. The molecule has 3 rings (SSSR count). The minimum atomic E-state index is -4.36. The van der Waals surface area contributed by atoms with Crippen molar-refractivity contribution in [1.29, 1.82) is 0 Å². The number of anilines is 1. The number of piperazine rings is 1. The van der Waals surface area contributed by atoms with Crippen LogP contribution in [0.1, 0.15) is 11.1 Å². The number of amides is 1. The molecular formula is C20H18ClF3N2O. The highest BCUT2D eigenvalue weighted by Gasteiger charge is 2.31. The van der Waals surface area contributed by atoms with Gasteiger partial charge in [-0.1, -0.05) is 29.8 Å². The third-order valence-corrected chi connectivity index (χ3v) is 4.67. The summed E-state index contributed by atoms with van der Waals surface area (Å²) < 4.78 is 38.6. The summed E-state index contributed by atoms with van der Waals surface area (Å²) in [4.78, 5) is 15.9. The third-order valence-electron chi connectivity index (χ3n) is 4.42. The van der Waals surface area contributed by atoms with E-state index >= 15 is 0 Å². The standard InChI is InChI=1S/C20H18ClF3N2O/c21-17-7-4-15(5-8-17)6-9-19(27)26-12-10-25(11-13-26)18-3-1-2-16(14-18)20(22,23)24/h1-9,14H,10-13H2. The Bertz CT molecular complexity index is 826. The first-order valence-corrected chi connectivity index (χ1v) is 8.85. The summed E-state index contributed by atoms with van der Waals surface area (Å²) in [5.74, 6) is -0.117. The van der Waals surface area contributed by atoms with Gasteiger partial charge < -0.3 is 9.80 Å². The Hall–Kier alpha value is -2.47.